The van der Waals surface area contributed by atoms with Crippen LogP contribution in [0.15, 0.2) is 0 Å². The van der Waals surface area contributed by atoms with Gasteiger partial charge in [0, 0.05) is 18.5 Å². The van der Waals surface area contributed by atoms with Gasteiger partial charge in [0.15, 0.2) is 0 Å². The normalized spacial score (nSPS) is 19.4. The van der Waals surface area contributed by atoms with Gasteiger partial charge in [0.25, 0.3) is 0 Å². The van der Waals surface area contributed by atoms with E-state index in [0.717, 1.165) is 12.8 Å². The number of ether oxygens (including phenoxy) is 1. The number of hydrogen-bond acceptors (Lipinski definition) is 3. The molecule has 0 aromatic heterocycles. The van der Waals surface area contributed by atoms with Crippen molar-refractivity contribution in [3.05, 3.63) is 0 Å². The number of nitrogens with one attached hydrogen (secondary N) is 1. The quantitative estimate of drug-likeness (QED) is 0.668. The maximum absolute atomic E-state index is 12.0. The highest BCUT2D eigenvalue weighted by molar-refractivity contribution is 5.82. The third-order valence-electron chi connectivity index (χ3n) is 3.30. The molecule has 1 fully saturated rings. The highest BCUT2D eigenvalue weighted by Gasteiger charge is 2.33. The molecule has 16 heavy (non-hydrogen) atoms. The molecule has 0 radical (unpaired) electrons. The van der Waals surface area contributed by atoms with Crippen molar-refractivity contribution in [2.75, 3.05) is 26.3 Å². The molecule has 0 heterocycles. The Balaban J connectivity index is 2.18. The molecule has 0 bridgehead atoms. The number of carbonyl (C=O) groups excluding carboxylic acids is 1. The second kappa shape index (κ2) is 6.86. The molecule has 4 nitrogen and oxygen atoms in total. The summed E-state index contributed by atoms with van der Waals surface area (Å²) in [7, 11) is 0. The van der Waals surface area contributed by atoms with Gasteiger partial charge in [-0.3, -0.25) is 4.79 Å². The van der Waals surface area contributed by atoms with Crippen LogP contribution >= 0.6 is 0 Å². The molecule has 94 valence electrons. The molecule has 1 amide bonds. The summed E-state index contributed by atoms with van der Waals surface area (Å²) in [6.45, 7) is 4.31. The van der Waals surface area contributed by atoms with E-state index in [1.165, 1.54) is 19.3 Å². The van der Waals surface area contributed by atoms with Gasteiger partial charge in [-0.2, -0.15) is 0 Å². The first-order chi connectivity index (χ1) is 7.69. The lowest BCUT2D eigenvalue weighted by molar-refractivity contribution is -0.132. The molecule has 0 aliphatic heterocycles. The van der Waals surface area contributed by atoms with Crippen LogP contribution in [-0.2, 0) is 9.53 Å². The maximum Gasteiger partial charge on any atom is 0.226 e. The number of nitrogens with two attached hydrogens (primary N) is 1. The smallest absolute Gasteiger partial charge is 0.226 e. The average molecular weight is 228 g/mol. The third-order valence-corrected chi connectivity index (χ3v) is 3.30. The maximum atomic E-state index is 12.0. The molecule has 1 saturated carbocycles. The van der Waals surface area contributed by atoms with Crippen LogP contribution in [0, 0.1) is 5.41 Å². The summed E-state index contributed by atoms with van der Waals surface area (Å²) in [5.74, 6) is 0.184. The Morgan fingerprint density at radius 3 is 2.62 bits per heavy atom. The van der Waals surface area contributed by atoms with E-state index in [2.05, 4.69) is 12.2 Å². The predicted octanol–water partition coefficient (Wildman–Crippen LogP) is 1.05. The summed E-state index contributed by atoms with van der Waals surface area (Å²) < 4.78 is 5.21. The molecular weight excluding hydrogens is 204 g/mol. The minimum absolute atomic E-state index is 0.147. The van der Waals surface area contributed by atoms with Gasteiger partial charge < -0.3 is 15.8 Å². The summed E-state index contributed by atoms with van der Waals surface area (Å²) in [4.78, 5) is 12.0. The molecule has 3 N–H and O–H groups in total. The van der Waals surface area contributed by atoms with Gasteiger partial charge in [0.2, 0.25) is 5.91 Å². The van der Waals surface area contributed by atoms with E-state index in [1.807, 2.05) is 0 Å². The molecule has 0 aromatic carbocycles. The highest BCUT2D eigenvalue weighted by atomic mass is 16.5. The zero-order valence-electron chi connectivity index (χ0n) is 10.3. The largest absolute Gasteiger partial charge is 0.378 e. The first kappa shape index (κ1) is 13.5. The van der Waals surface area contributed by atoms with E-state index in [-0.39, 0.29) is 11.3 Å². The van der Waals surface area contributed by atoms with Crippen molar-refractivity contribution in [1.82, 2.24) is 5.32 Å². The van der Waals surface area contributed by atoms with Crippen molar-refractivity contribution in [2.45, 2.75) is 39.0 Å². The van der Waals surface area contributed by atoms with Crippen LogP contribution in [0.2, 0.25) is 0 Å². The Morgan fingerprint density at radius 2 is 2.00 bits per heavy atom. The van der Waals surface area contributed by atoms with Crippen molar-refractivity contribution < 1.29 is 9.53 Å². The molecule has 0 aromatic rings. The lowest BCUT2D eigenvalue weighted by Crippen LogP contribution is -2.41. The van der Waals surface area contributed by atoms with Crippen LogP contribution in [0.4, 0.5) is 0 Å². The molecule has 0 saturated heterocycles. The Morgan fingerprint density at radius 1 is 1.31 bits per heavy atom. The van der Waals surface area contributed by atoms with Gasteiger partial charge >= 0.3 is 0 Å². The van der Waals surface area contributed by atoms with E-state index in [4.69, 9.17) is 10.5 Å². The van der Waals surface area contributed by atoms with Crippen molar-refractivity contribution in [2.24, 2.45) is 11.1 Å². The number of hydrogen-bond donors (Lipinski definition) is 2. The van der Waals surface area contributed by atoms with Gasteiger partial charge in [-0.25, -0.2) is 0 Å². The SMILES string of the molecule is CC1(C(=O)NCCOCCN)CCCCC1. The van der Waals surface area contributed by atoms with Gasteiger partial charge in [0.1, 0.15) is 0 Å². The van der Waals surface area contributed by atoms with E-state index in [1.54, 1.807) is 0 Å². The van der Waals surface area contributed by atoms with Crippen LogP contribution in [-0.4, -0.2) is 32.2 Å². The van der Waals surface area contributed by atoms with E-state index >= 15 is 0 Å². The number of rotatable bonds is 6. The molecule has 1 aliphatic rings. The summed E-state index contributed by atoms with van der Waals surface area (Å²) in [5.41, 5.74) is 5.15. The number of amides is 1. The van der Waals surface area contributed by atoms with Crippen LogP contribution < -0.4 is 11.1 Å². The number of carbonyl (C=O) groups is 1. The predicted molar refractivity (Wildman–Crippen MR) is 64.1 cm³/mol. The average Bonchev–Trinajstić information content (AvgIpc) is 2.29. The highest BCUT2D eigenvalue weighted by Crippen LogP contribution is 2.35. The van der Waals surface area contributed by atoms with Gasteiger partial charge in [0.05, 0.1) is 13.2 Å². The third kappa shape index (κ3) is 4.10. The second-order valence-electron chi connectivity index (χ2n) is 4.78. The van der Waals surface area contributed by atoms with E-state index < -0.39 is 0 Å². The Kier molecular flexibility index (Phi) is 5.77. The van der Waals surface area contributed by atoms with E-state index in [9.17, 15) is 4.79 Å². The second-order valence-corrected chi connectivity index (χ2v) is 4.78. The summed E-state index contributed by atoms with van der Waals surface area (Å²) in [6, 6.07) is 0. The topological polar surface area (TPSA) is 64.3 Å². The van der Waals surface area contributed by atoms with Gasteiger partial charge in [-0.1, -0.05) is 26.2 Å². The molecular formula is C12H24N2O2. The van der Waals surface area contributed by atoms with Gasteiger partial charge in [-0.05, 0) is 12.8 Å². The molecule has 1 aliphatic carbocycles. The minimum Gasteiger partial charge on any atom is -0.378 e. The Hall–Kier alpha value is -0.610. The zero-order chi connectivity index (χ0) is 11.9. The van der Waals surface area contributed by atoms with Crippen LogP contribution in [0.3, 0.4) is 0 Å². The Labute approximate surface area is 97.9 Å². The lowest BCUT2D eigenvalue weighted by Gasteiger charge is -2.31. The van der Waals surface area contributed by atoms with E-state index in [0.29, 0.717) is 26.3 Å². The molecule has 4 heteroatoms. The van der Waals surface area contributed by atoms with Crippen molar-refractivity contribution in [3.8, 4) is 0 Å². The standard InChI is InChI=1S/C12H24N2O2/c1-12(5-3-2-4-6-12)11(15)14-8-10-16-9-7-13/h2-10,13H2,1H3,(H,14,15). The molecule has 0 spiro atoms. The van der Waals surface area contributed by atoms with Crippen molar-refractivity contribution in [3.63, 3.8) is 0 Å². The van der Waals surface area contributed by atoms with Crippen LogP contribution in [0.1, 0.15) is 39.0 Å². The van der Waals surface area contributed by atoms with Crippen molar-refractivity contribution in [1.29, 1.82) is 0 Å². The Bertz CT molecular complexity index is 213. The monoisotopic (exact) mass is 228 g/mol. The fourth-order valence-corrected chi connectivity index (χ4v) is 2.19. The summed E-state index contributed by atoms with van der Waals surface area (Å²) in [6.07, 6.45) is 5.65. The zero-order valence-corrected chi connectivity index (χ0v) is 10.3. The molecule has 1 rings (SSSR count). The van der Waals surface area contributed by atoms with Crippen LogP contribution in [0.5, 0.6) is 0 Å². The van der Waals surface area contributed by atoms with Crippen molar-refractivity contribution >= 4 is 5.91 Å². The minimum atomic E-state index is -0.147. The molecule has 0 unspecified atom stereocenters. The fraction of sp³-hybridized carbons (Fsp3) is 0.917. The first-order valence-corrected chi connectivity index (χ1v) is 6.25. The van der Waals surface area contributed by atoms with Gasteiger partial charge in [-0.15, -0.1) is 0 Å². The summed E-state index contributed by atoms with van der Waals surface area (Å²) >= 11 is 0. The lowest BCUT2D eigenvalue weighted by atomic mass is 9.75. The fourth-order valence-electron chi connectivity index (χ4n) is 2.19. The van der Waals surface area contributed by atoms with Crippen LogP contribution in [0.25, 0.3) is 0 Å². The summed E-state index contributed by atoms with van der Waals surface area (Å²) in [5, 5.41) is 2.95. The molecule has 0 atom stereocenters. The first-order valence-electron chi connectivity index (χ1n) is 6.25.